The summed E-state index contributed by atoms with van der Waals surface area (Å²) in [6.07, 6.45) is 4.47. The summed E-state index contributed by atoms with van der Waals surface area (Å²) in [4.78, 5) is 1.05. The fourth-order valence-electron chi connectivity index (χ4n) is 3.62. The number of hydrogen-bond donors (Lipinski definition) is 0. The lowest BCUT2D eigenvalue weighted by Gasteiger charge is -2.36. The second-order valence-electron chi connectivity index (χ2n) is 6.22. The van der Waals surface area contributed by atoms with Gasteiger partial charge >= 0.3 is 0 Å². The Balaban J connectivity index is 1.90. The number of thiophene rings is 1. The Labute approximate surface area is 136 Å². The Morgan fingerprint density at radius 1 is 1.14 bits per heavy atom. The van der Waals surface area contributed by atoms with Crippen LogP contribution in [-0.2, 0) is 26.3 Å². The van der Waals surface area contributed by atoms with Crippen molar-refractivity contribution in [3.8, 4) is 0 Å². The number of fused-ring (bicyclic) bond motifs is 2. The molecule has 0 radical (unpaired) electrons. The van der Waals surface area contributed by atoms with Crippen molar-refractivity contribution in [3.63, 3.8) is 0 Å². The van der Waals surface area contributed by atoms with Crippen molar-refractivity contribution in [1.29, 1.82) is 0 Å². The first-order valence-electron chi connectivity index (χ1n) is 7.54. The minimum atomic E-state index is -3.50. The Kier molecular flexibility index (Phi) is 4.16. The summed E-state index contributed by atoms with van der Waals surface area (Å²) >= 11 is 1.32. The molecular weight excluding hydrogens is 342 g/mol. The van der Waals surface area contributed by atoms with Crippen molar-refractivity contribution in [1.82, 2.24) is 4.31 Å². The van der Waals surface area contributed by atoms with Gasteiger partial charge in [-0.2, -0.15) is 4.31 Å². The number of nitrogens with zero attached hydrogens (tertiary/aromatic N) is 1. The number of aryl methyl sites for hydroxylation is 1. The van der Waals surface area contributed by atoms with E-state index in [1.165, 1.54) is 17.6 Å². The molecule has 1 aromatic heterocycles. The molecule has 0 amide bonds. The summed E-state index contributed by atoms with van der Waals surface area (Å²) in [5.41, 5.74) is 0. The zero-order valence-corrected chi connectivity index (χ0v) is 15.2. The van der Waals surface area contributed by atoms with E-state index in [0.717, 1.165) is 24.1 Å². The van der Waals surface area contributed by atoms with E-state index in [2.05, 4.69) is 0 Å². The molecule has 2 atom stereocenters. The summed E-state index contributed by atoms with van der Waals surface area (Å²) < 4.78 is 51.4. The van der Waals surface area contributed by atoms with Crippen molar-refractivity contribution in [2.24, 2.45) is 0 Å². The topological polar surface area (TPSA) is 71.5 Å². The maximum Gasteiger partial charge on any atom is 0.253 e. The molecule has 124 valence electrons. The van der Waals surface area contributed by atoms with E-state index < -0.39 is 25.1 Å². The van der Waals surface area contributed by atoms with Crippen molar-refractivity contribution < 1.29 is 16.8 Å². The lowest BCUT2D eigenvalue weighted by molar-refractivity contribution is 0.249. The van der Waals surface area contributed by atoms with E-state index in [1.54, 1.807) is 10.4 Å². The highest BCUT2D eigenvalue weighted by Gasteiger charge is 2.49. The smallest absolute Gasteiger partial charge is 0.229 e. The van der Waals surface area contributed by atoms with Crippen molar-refractivity contribution in [3.05, 3.63) is 17.0 Å². The molecule has 2 bridgehead atoms. The second kappa shape index (κ2) is 5.58. The Morgan fingerprint density at radius 3 is 2.18 bits per heavy atom. The zero-order valence-electron chi connectivity index (χ0n) is 12.7. The van der Waals surface area contributed by atoms with Crippen molar-refractivity contribution in [2.75, 3.05) is 6.26 Å². The Morgan fingerprint density at radius 2 is 1.73 bits per heavy atom. The van der Waals surface area contributed by atoms with Gasteiger partial charge in [0.25, 0.3) is 10.0 Å². The average molecular weight is 364 g/mol. The average Bonchev–Trinajstić information content (AvgIpc) is 3.01. The molecule has 22 heavy (non-hydrogen) atoms. The van der Waals surface area contributed by atoms with Gasteiger partial charge in [0.1, 0.15) is 14.0 Å². The molecule has 0 N–H and O–H groups in total. The van der Waals surface area contributed by atoms with Gasteiger partial charge in [-0.3, -0.25) is 0 Å². The molecule has 2 unspecified atom stereocenters. The minimum absolute atomic E-state index is 0.171. The van der Waals surface area contributed by atoms with Gasteiger partial charge in [0.05, 0.1) is 5.25 Å². The second-order valence-corrected chi connectivity index (χ2v) is 11.8. The van der Waals surface area contributed by atoms with Crippen LogP contribution in [0.5, 0.6) is 0 Å². The highest BCUT2D eigenvalue weighted by atomic mass is 32.2. The quantitative estimate of drug-likeness (QED) is 0.821. The number of sulfonamides is 1. The molecule has 3 rings (SSSR count). The van der Waals surface area contributed by atoms with Crippen LogP contribution >= 0.6 is 11.3 Å². The van der Waals surface area contributed by atoms with E-state index >= 15 is 0 Å². The number of hydrogen-bond acceptors (Lipinski definition) is 5. The van der Waals surface area contributed by atoms with E-state index in [0.29, 0.717) is 17.1 Å². The highest BCUT2D eigenvalue weighted by Crippen LogP contribution is 2.42. The Hall–Kier alpha value is -0.440. The molecular formula is C14H21NO4S3. The highest BCUT2D eigenvalue weighted by molar-refractivity contribution is 7.91. The van der Waals surface area contributed by atoms with Crippen LogP contribution in [0, 0.1) is 0 Å². The summed E-state index contributed by atoms with van der Waals surface area (Å²) in [5.74, 6) is 0. The molecule has 8 heteroatoms. The standard InChI is InChI=1S/C14H21NO4S3/c1-3-12-6-7-14(20-12)22(18,19)15-10-4-5-11(15)9-13(8-10)21(2,16)17/h6-7,10-11,13H,3-5,8-9H2,1-2H3. The third-order valence-electron chi connectivity index (χ3n) is 4.75. The zero-order chi connectivity index (χ0) is 16.1. The fourth-order valence-corrected chi connectivity index (χ4v) is 8.05. The van der Waals surface area contributed by atoms with Gasteiger partial charge < -0.3 is 0 Å². The molecule has 2 aliphatic rings. The van der Waals surface area contributed by atoms with Gasteiger partial charge in [-0.15, -0.1) is 11.3 Å². The van der Waals surface area contributed by atoms with Gasteiger partial charge in [-0.25, -0.2) is 16.8 Å². The molecule has 2 fully saturated rings. The molecule has 2 saturated heterocycles. The fraction of sp³-hybridized carbons (Fsp3) is 0.714. The van der Waals surface area contributed by atoms with Crippen LogP contribution < -0.4 is 0 Å². The maximum absolute atomic E-state index is 12.9. The predicted molar refractivity (Wildman–Crippen MR) is 87.4 cm³/mol. The van der Waals surface area contributed by atoms with Crippen molar-refractivity contribution >= 4 is 31.2 Å². The minimum Gasteiger partial charge on any atom is -0.229 e. The molecule has 2 aliphatic heterocycles. The van der Waals surface area contributed by atoms with Crippen LogP contribution in [0.4, 0.5) is 0 Å². The predicted octanol–water partition coefficient (Wildman–Crippen LogP) is 2.04. The van der Waals surface area contributed by atoms with E-state index in [1.807, 2.05) is 13.0 Å². The Bertz CT molecular complexity index is 752. The molecule has 3 heterocycles. The number of sulfone groups is 1. The van der Waals surface area contributed by atoms with Crippen LogP contribution in [0.25, 0.3) is 0 Å². The molecule has 5 nitrogen and oxygen atoms in total. The number of piperidine rings is 1. The molecule has 0 spiro atoms. The first-order valence-corrected chi connectivity index (χ1v) is 11.8. The first-order chi connectivity index (χ1) is 10.2. The van der Waals surface area contributed by atoms with Crippen LogP contribution in [-0.4, -0.2) is 44.7 Å². The monoisotopic (exact) mass is 363 g/mol. The van der Waals surface area contributed by atoms with E-state index in [-0.39, 0.29) is 12.1 Å². The third kappa shape index (κ3) is 2.74. The van der Waals surface area contributed by atoms with Crippen LogP contribution in [0.1, 0.15) is 37.5 Å². The van der Waals surface area contributed by atoms with Gasteiger partial charge in [-0.1, -0.05) is 6.92 Å². The lowest BCUT2D eigenvalue weighted by atomic mass is 10.1. The van der Waals surface area contributed by atoms with E-state index in [4.69, 9.17) is 0 Å². The normalized spacial score (nSPS) is 29.8. The largest absolute Gasteiger partial charge is 0.253 e. The summed E-state index contributed by atoms with van der Waals surface area (Å²) in [6, 6.07) is 3.20. The summed E-state index contributed by atoms with van der Waals surface area (Å²) in [7, 11) is -6.60. The molecule has 0 saturated carbocycles. The van der Waals surface area contributed by atoms with Gasteiger partial charge in [0.15, 0.2) is 0 Å². The van der Waals surface area contributed by atoms with Crippen LogP contribution in [0.2, 0.25) is 0 Å². The van der Waals surface area contributed by atoms with Gasteiger partial charge in [0.2, 0.25) is 0 Å². The maximum atomic E-state index is 12.9. The molecule has 1 aromatic rings. The molecule has 0 aromatic carbocycles. The number of rotatable bonds is 4. The van der Waals surface area contributed by atoms with Crippen LogP contribution in [0.3, 0.4) is 0 Å². The third-order valence-corrected chi connectivity index (χ3v) is 10.0. The molecule has 0 aliphatic carbocycles. The summed E-state index contributed by atoms with van der Waals surface area (Å²) in [5, 5.41) is -0.397. The lowest BCUT2D eigenvalue weighted by Crippen LogP contribution is -2.49. The van der Waals surface area contributed by atoms with E-state index in [9.17, 15) is 16.8 Å². The van der Waals surface area contributed by atoms with Gasteiger partial charge in [-0.05, 0) is 44.2 Å². The van der Waals surface area contributed by atoms with Gasteiger partial charge in [0, 0.05) is 23.2 Å². The van der Waals surface area contributed by atoms with Crippen LogP contribution in [0.15, 0.2) is 16.3 Å². The SMILES string of the molecule is CCc1ccc(S(=O)(=O)N2C3CCC2CC(S(C)(=O)=O)C3)s1. The van der Waals surface area contributed by atoms with Crippen molar-refractivity contribution in [2.45, 2.75) is 60.6 Å². The first kappa shape index (κ1) is 16.4. The summed E-state index contributed by atoms with van der Waals surface area (Å²) in [6.45, 7) is 2.00.